The van der Waals surface area contributed by atoms with Crippen LogP contribution in [0.3, 0.4) is 0 Å². The van der Waals surface area contributed by atoms with E-state index in [-0.39, 0.29) is 5.91 Å². The first-order valence-corrected chi connectivity index (χ1v) is 7.58. The predicted molar refractivity (Wildman–Crippen MR) is 82.5 cm³/mol. The molecule has 1 aliphatic heterocycles. The molecule has 1 N–H and O–H groups in total. The van der Waals surface area contributed by atoms with Gasteiger partial charge in [0.25, 0.3) is 0 Å². The van der Waals surface area contributed by atoms with Crippen LogP contribution in [0, 0.1) is 13.8 Å². The number of hydrogen-bond acceptors (Lipinski definition) is 4. The number of carbonyl (C=O) groups is 2. The molecule has 0 bridgehead atoms. The van der Waals surface area contributed by atoms with E-state index >= 15 is 0 Å². The standard InChI is InChI=1S/C17H23NO4/c1-11-6-4-7-12(2)13(11)10-14(17(20)21-3)18-16(19)15-8-5-9-22-15/h4,6-7,14-15H,5,8-10H2,1-3H3,(H,18,19)/t14-,15+/m1/s1. The summed E-state index contributed by atoms with van der Waals surface area (Å²) in [4.78, 5) is 24.2. The molecule has 5 nitrogen and oxygen atoms in total. The van der Waals surface area contributed by atoms with Gasteiger partial charge in [0, 0.05) is 13.0 Å². The SMILES string of the molecule is COC(=O)[C@@H](Cc1c(C)cccc1C)NC(=O)[C@@H]1CCCO1. The van der Waals surface area contributed by atoms with E-state index in [1.807, 2.05) is 32.0 Å². The van der Waals surface area contributed by atoms with Crippen molar-refractivity contribution in [2.24, 2.45) is 0 Å². The number of benzene rings is 1. The van der Waals surface area contributed by atoms with Crippen molar-refractivity contribution in [1.82, 2.24) is 5.32 Å². The summed E-state index contributed by atoms with van der Waals surface area (Å²) in [6, 6.07) is 5.28. The van der Waals surface area contributed by atoms with Gasteiger partial charge in [0.1, 0.15) is 12.1 Å². The molecule has 1 saturated heterocycles. The highest BCUT2D eigenvalue weighted by Crippen LogP contribution is 2.17. The van der Waals surface area contributed by atoms with E-state index in [0.717, 1.165) is 23.1 Å². The minimum absolute atomic E-state index is 0.237. The average Bonchev–Trinajstić information content (AvgIpc) is 3.03. The lowest BCUT2D eigenvalue weighted by atomic mass is 9.96. The highest BCUT2D eigenvalue weighted by atomic mass is 16.5. The fraction of sp³-hybridized carbons (Fsp3) is 0.529. The van der Waals surface area contributed by atoms with E-state index in [1.54, 1.807) is 0 Å². The summed E-state index contributed by atoms with van der Waals surface area (Å²) in [6.07, 6.45) is 1.54. The molecule has 1 aliphatic rings. The van der Waals surface area contributed by atoms with Crippen LogP contribution in [-0.4, -0.2) is 37.7 Å². The van der Waals surface area contributed by atoms with Crippen LogP contribution in [0.1, 0.15) is 29.5 Å². The number of nitrogens with one attached hydrogen (secondary N) is 1. The van der Waals surface area contributed by atoms with Crippen LogP contribution in [-0.2, 0) is 25.5 Å². The second kappa shape index (κ2) is 7.40. The zero-order valence-corrected chi connectivity index (χ0v) is 13.3. The molecule has 0 aliphatic carbocycles. The first-order chi connectivity index (χ1) is 10.5. The van der Waals surface area contributed by atoms with E-state index in [2.05, 4.69) is 5.32 Å². The number of hydrogen-bond donors (Lipinski definition) is 1. The summed E-state index contributed by atoms with van der Waals surface area (Å²) in [7, 11) is 1.33. The predicted octanol–water partition coefficient (Wildman–Crippen LogP) is 1.68. The Morgan fingerprint density at radius 1 is 1.36 bits per heavy atom. The summed E-state index contributed by atoms with van der Waals surface area (Å²) < 4.78 is 10.2. The molecule has 1 fully saturated rings. The number of aryl methyl sites for hydroxylation is 2. The Hall–Kier alpha value is -1.88. The Kier molecular flexibility index (Phi) is 5.55. The third-order valence-electron chi connectivity index (χ3n) is 4.08. The van der Waals surface area contributed by atoms with Gasteiger partial charge in [0.05, 0.1) is 7.11 Å². The van der Waals surface area contributed by atoms with Gasteiger partial charge >= 0.3 is 5.97 Å². The van der Waals surface area contributed by atoms with Crippen LogP contribution in [0.5, 0.6) is 0 Å². The Morgan fingerprint density at radius 3 is 2.59 bits per heavy atom. The molecular formula is C17H23NO4. The molecule has 0 saturated carbocycles. The first-order valence-electron chi connectivity index (χ1n) is 7.58. The highest BCUT2D eigenvalue weighted by molar-refractivity contribution is 5.87. The maximum Gasteiger partial charge on any atom is 0.328 e. The minimum atomic E-state index is -0.693. The number of carbonyl (C=O) groups excluding carboxylic acids is 2. The molecule has 22 heavy (non-hydrogen) atoms. The molecule has 1 aromatic carbocycles. The van der Waals surface area contributed by atoms with Crippen LogP contribution in [0.2, 0.25) is 0 Å². The third kappa shape index (κ3) is 3.85. The number of ether oxygens (including phenoxy) is 2. The molecule has 0 radical (unpaired) electrons. The van der Waals surface area contributed by atoms with Crippen LogP contribution < -0.4 is 5.32 Å². The molecule has 1 aromatic rings. The molecular weight excluding hydrogens is 282 g/mol. The quantitative estimate of drug-likeness (QED) is 0.841. The minimum Gasteiger partial charge on any atom is -0.467 e. The van der Waals surface area contributed by atoms with Gasteiger partial charge < -0.3 is 14.8 Å². The number of amides is 1. The summed E-state index contributed by atoms with van der Waals surface area (Å²) >= 11 is 0. The largest absolute Gasteiger partial charge is 0.467 e. The van der Waals surface area contributed by atoms with Crippen molar-refractivity contribution in [3.8, 4) is 0 Å². The molecule has 0 spiro atoms. The second-order valence-electron chi connectivity index (χ2n) is 5.66. The smallest absolute Gasteiger partial charge is 0.328 e. The summed E-state index contributed by atoms with van der Waals surface area (Å²) in [5.74, 6) is -0.673. The van der Waals surface area contributed by atoms with Gasteiger partial charge in [-0.15, -0.1) is 0 Å². The van der Waals surface area contributed by atoms with Crippen molar-refractivity contribution in [3.63, 3.8) is 0 Å². The van der Waals surface area contributed by atoms with Crippen molar-refractivity contribution in [2.45, 2.75) is 45.3 Å². The van der Waals surface area contributed by atoms with Crippen LogP contribution >= 0.6 is 0 Å². The highest BCUT2D eigenvalue weighted by Gasteiger charge is 2.29. The van der Waals surface area contributed by atoms with Crippen molar-refractivity contribution in [3.05, 3.63) is 34.9 Å². The number of rotatable bonds is 5. The maximum absolute atomic E-state index is 12.2. The number of esters is 1. The van der Waals surface area contributed by atoms with Crippen molar-refractivity contribution in [2.75, 3.05) is 13.7 Å². The fourth-order valence-electron chi connectivity index (χ4n) is 2.76. The van der Waals surface area contributed by atoms with E-state index < -0.39 is 18.1 Å². The van der Waals surface area contributed by atoms with E-state index in [0.29, 0.717) is 19.4 Å². The summed E-state index contributed by atoms with van der Waals surface area (Å²) in [6.45, 7) is 4.59. The Morgan fingerprint density at radius 2 is 2.05 bits per heavy atom. The van der Waals surface area contributed by atoms with Crippen LogP contribution in [0.15, 0.2) is 18.2 Å². The van der Waals surface area contributed by atoms with Gasteiger partial charge in [-0.25, -0.2) is 4.79 Å². The molecule has 1 heterocycles. The molecule has 5 heteroatoms. The zero-order valence-electron chi connectivity index (χ0n) is 13.3. The second-order valence-corrected chi connectivity index (χ2v) is 5.66. The molecule has 1 amide bonds. The summed E-state index contributed by atoms with van der Waals surface area (Å²) in [5.41, 5.74) is 3.26. The molecule has 2 atom stereocenters. The zero-order chi connectivity index (χ0) is 16.1. The van der Waals surface area contributed by atoms with Gasteiger partial charge in [0.15, 0.2) is 0 Å². The van der Waals surface area contributed by atoms with Crippen molar-refractivity contribution < 1.29 is 19.1 Å². The number of methoxy groups -OCH3 is 1. The van der Waals surface area contributed by atoms with E-state index in [4.69, 9.17) is 9.47 Å². The van der Waals surface area contributed by atoms with Crippen LogP contribution in [0.25, 0.3) is 0 Å². The van der Waals surface area contributed by atoms with Crippen LogP contribution in [0.4, 0.5) is 0 Å². The van der Waals surface area contributed by atoms with E-state index in [9.17, 15) is 9.59 Å². The lowest BCUT2D eigenvalue weighted by Gasteiger charge is -2.20. The summed E-state index contributed by atoms with van der Waals surface area (Å²) in [5, 5.41) is 2.77. The van der Waals surface area contributed by atoms with Crippen molar-refractivity contribution in [1.29, 1.82) is 0 Å². The van der Waals surface area contributed by atoms with Gasteiger partial charge in [-0.05, 0) is 43.4 Å². The fourth-order valence-corrected chi connectivity index (χ4v) is 2.76. The Labute approximate surface area is 131 Å². The monoisotopic (exact) mass is 305 g/mol. The van der Waals surface area contributed by atoms with Gasteiger partial charge in [-0.3, -0.25) is 4.79 Å². The molecule has 0 aromatic heterocycles. The first kappa shape index (κ1) is 16.5. The van der Waals surface area contributed by atoms with Gasteiger partial charge in [0.2, 0.25) is 5.91 Å². The topological polar surface area (TPSA) is 64.6 Å². The molecule has 120 valence electrons. The Balaban J connectivity index is 2.12. The van der Waals surface area contributed by atoms with Gasteiger partial charge in [-0.2, -0.15) is 0 Å². The molecule has 2 rings (SSSR count). The van der Waals surface area contributed by atoms with Gasteiger partial charge in [-0.1, -0.05) is 18.2 Å². The van der Waals surface area contributed by atoms with E-state index in [1.165, 1.54) is 7.11 Å². The lowest BCUT2D eigenvalue weighted by Crippen LogP contribution is -2.47. The lowest BCUT2D eigenvalue weighted by molar-refractivity contribution is -0.146. The average molecular weight is 305 g/mol. The Bertz CT molecular complexity index is 529. The molecule has 0 unspecified atom stereocenters. The maximum atomic E-state index is 12.2. The van der Waals surface area contributed by atoms with Crippen molar-refractivity contribution >= 4 is 11.9 Å². The normalized spacial score (nSPS) is 18.8. The third-order valence-corrected chi connectivity index (χ3v) is 4.08.